The van der Waals surface area contributed by atoms with Crippen LogP contribution in [-0.2, 0) is 23.0 Å². The molecule has 1 atom stereocenters. The van der Waals surface area contributed by atoms with E-state index in [1.54, 1.807) is 0 Å². The third-order valence-electron chi connectivity index (χ3n) is 3.21. The Hall–Kier alpha value is -1.40. The van der Waals surface area contributed by atoms with Gasteiger partial charge in [-0.05, 0) is 25.8 Å². The predicted octanol–water partition coefficient (Wildman–Crippen LogP) is 0.0930. The molecule has 0 saturated heterocycles. The van der Waals surface area contributed by atoms with E-state index in [-0.39, 0.29) is 18.6 Å². The van der Waals surface area contributed by atoms with Crippen LogP contribution in [-0.4, -0.2) is 47.2 Å². The number of hydrogen-bond acceptors (Lipinski definition) is 4. The molecule has 6 nitrogen and oxygen atoms in total. The molecule has 0 aliphatic rings. The van der Waals surface area contributed by atoms with E-state index >= 15 is 0 Å². The fourth-order valence-corrected chi connectivity index (χ4v) is 2.06. The lowest BCUT2D eigenvalue weighted by Crippen LogP contribution is -2.40. The number of hydrogen-bond donors (Lipinski definition) is 2. The van der Waals surface area contributed by atoms with Crippen LogP contribution < -0.4 is 5.32 Å². The van der Waals surface area contributed by atoms with Gasteiger partial charge in [-0.3, -0.25) is 9.48 Å². The lowest BCUT2D eigenvalue weighted by atomic mass is 10.1. The summed E-state index contributed by atoms with van der Waals surface area (Å²) in [6.45, 7) is 4.13. The van der Waals surface area contributed by atoms with Crippen molar-refractivity contribution in [2.45, 2.75) is 32.7 Å². The Labute approximate surface area is 113 Å². The molecular weight excluding hydrogens is 246 g/mol. The Balaban J connectivity index is 2.50. The number of nitrogens with one attached hydrogen (secondary N) is 1. The molecule has 0 radical (unpaired) electrons. The SMILES string of the molecule is COCC(CO)NC(=O)CCc1c(C)nn(C)c1C. The lowest BCUT2D eigenvalue weighted by molar-refractivity contribution is -0.122. The van der Waals surface area contributed by atoms with Gasteiger partial charge in [-0.2, -0.15) is 5.10 Å². The van der Waals surface area contributed by atoms with E-state index in [9.17, 15) is 4.79 Å². The van der Waals surface area contributed by atoms with Crippen LogP contribution in [0.15, 0.2) is 0 Å². The first-order valence-corrected chi connectivity index (χ1v) is 6.37. The molecule has 19 heavy (non-hydrogen) atoms. The highest BCUT2D eigenvalue weighted by Gasteiger charge is 2.14. The van der Waals surface area contributed by atoms with Crippen LogP contribution in [0.25, 0.3) is 0 Å². The van der Waals surface area contributed by atoms with Crippen molar-refractivity contribution in [3.63, 3.8) is 0 Å². The van der Waals surface area contributed by atoms with Crippen LogP contribution in [0.4, 0.5) is 0 Å². The summed E-state index contributed by atoms with van der Waals surface area (Å²) in [6.07, 6.45) is 1.04. The van der Waals surface area contributed by atoms with Crippen LogP contribution in [0.2, 0.25) is 0 Å². The molecule has 6 heteroatoms. The summed E-state index contributed by atoms with van der Waals surface area (Å²) in [4.78, 5) is 11.8. The van der Waals surface area contributed by atoms with Gasteiger partial charge in [0, 0.05) is 26.3 Å². The molecule has 0 aliphatic heterocycles. The zero-order valence-corrected chi connectivity index (χ0v) is 12.1. The molecule has 0 bridgehead atoms. The number of aromatic nitrogens is 2. The van der Waals surface area contributed by atoms with Crippen molar-refractivity contribution in [2.24, 2.45) is 7.05 Å². The Morgan fingerprint density at radius 3 is 2.68 bits per heavy atom. The lowest BCUT2D eigenvalue weighted by Gasteiger charge is -2.15. The zero-order chi connectivity index (χ0) is 14.4. The van der Waals surface area contributed by atoms with Crippen molar-refractivity contribution in [1.82, 2.24) is 15.1 Å². The molecule has 1 amide bonds. The van der Waals surface area contributed by atoms with Gasteiger partial charge in [0.2, 0.25) is 5.91 Å². The maximum atomic E-state index is 11.8. The van der Waals surface area contributed by atoms with Crippen LogP contribution in [0.1, 0.15) is 23.4 Å². The van der Waals surface area contributed by atoms with Crippen molar-refractivity contribution in [3.05, 3.63) is 17.0 Å². The fraction of sp³-hybridized carbons (Fsp3) is 0.692. The summed E-state index contributed by atoms with van der Waals surface area (Å²) in [5, 5.41) is 16.1. The number of rotatable bonds is 7. The number of aliphatic hydroxyl groups is 1. The number of nitrogens with zero attached hydrogens (tertiary/aromatic N) is 2. The molecule has 108 valence electrons. The van der Waals surface area contributed by atoms with E-state index in [1.807, 2.05) is 25.6 Å². The second-order valence-electron chi connectivity index (χ2n) is 4.68. The number of methoxy groups -OCH3 is 1. The molecule has 0 spiro atoms. The first-order chi connectivity index (χ1) is 8.99. The number of carbonyl (C=O) groups is 1. The Kier molecular flexibility index (Phi) is 5.98. The van der Waals surface area contributed by atoms with Crippen LogP contribution in [0.3, 0.4) is 0 Å². The number of amides is 1. The van der Waals surface area contributed by atoms with Gasteiger partial charge >= 0.3 is 0 Å². The van der Waals surface area contributed by atoms with E-state index in [4.69, 9.17) is 9.84 Å². The molecule has 1 unspecified atom stereocenters. The van der Waals surface area contributed by atoms with Gasteiger partial charge in [0.05, 0.1) is 24.9 Å². The second kappa shape index (κ2) is 7.25. The van der Waals surface area contributed by atoms with E-state index in [0.29, 0.717) is 19.4 Å². The number of ether oxygens (including phenoxy) is 1. The molecular formula is C13H23N3O3. The molecule has 0 saturated carbocycles. The van der Waals surface area contributed by atoms with Crippen LogP contribution >= 0.6 is 0 Å². The average molecular weight is 269 g/mol. The average Bonchev–Trinajstić information content (AvgIpc) is 2.60. The van der Waals surface area contributed by atoms with Gasteiger partial charge in [0.15, 0.2) is 0 Å². The van der Waals surface area contributed by atoms with E-state index in [1.165, 1.54) is 7.11 Å². The maximum absolute atomic E-state index is 11.8. The summed E-state index contributed by atoms with van der Waals surface area (Å²) in [7, 11) is 3.43. The third-order valence-corrected chi connectivity index (χ3v) is 3.21. The van der Waals surface area contributed by atoms with Crippen LogP contribution in [0.5, 0.6) is 0 Å². The summed E-state index contributed by atoms with van der Waals surface area (Å²) >= 11 is 0. The molecule has 0 aliphatic carbocycles. The van der Waals surface area contributed by atoms with Crippen molar-refractivity contribution < 1.29 is 14.6 Å². The molecule has 1 aromatic heterocycles. The van der Waals surface area contributed by atoms with Gasteiger partial charge in [-0.1, -0.05) is 0 Å². The molecule has 1 rings (SSSR count). The van der Waals surface area contributed by atoms with Gasteiger partial charge in [-0.15, -0.1) is 0 Å². The minimum atomic E-state index is -0.339. The predicted molar refractivity (Wildman–Crippen MR) is 71.9 cm³/mol. The third kappa shape index (κ3) is 4.33. The minimum absolute atomic E-state index is 0.0845. The van der Waals surface area contributed by atoms with Gasteiger partial charge < -0.3 is 15.2 Å². The zero-order valence-electron chi connectivity index (χ0n) is 12.1. The fourth-order valence-electron chi connectivity index (χ4n) is 2.06. The number of aliphatic hydroxyl groups excluding tert-OH is 1. The summed E-state index contributed by atoms with van der Waals surface area (Å²) in [5.41, 5.74) is 3.16. The standard InChI is InChI=1S/C13H23N3O3/c1-9-12(10(2)16(3)15-9)5-6-13(18)14-11(7-17)8-19-4/h11,17H,5-8H2,1-4H3,(H,14,18). The van der Waals surface area contributed by atoms with Gasteiger partial charge in [0.25, 0.3) is 0 Å². The highest BCUT2D eigenvalue weighted by atomic mass is 16.5. The highest BCUT2D eigenvalue weighted by molar-refractivity contribution is 5.76. The first kappa shape index (κ1) is 15.7. The normalized spacial score (nSPS) is 12.5. The monoisotopic (exact) mass is 269 g/mol. The van der Waals surface area contributed by atoms with Gasteiger partial charge in [-0.25, -0.2) is 0 Å². The molecule has 1 heterocycles. The summed E-state index contributed by atoms with van der Waals surface area (Å²) < 4.78 is 6.74. The van der Waals surface area contributed by atoms with E-state index in [2.05, 4.69) is 10.4 Å². The van der Waals surface area contributed by atoms with Crippen molar-refractivity contribution in [3.8, 4) is 0 Å². The topological polar surface area (TPSA) is 76.4 Å². The first-order valence-electron chi connectivity index (χ1n) is 6.37. The Morgan fingerprint density at radius 1 is 1.53 bits per heavy atom. The van der Waals surface area contributed by atoms with Gasteiger partial charge in [0.1, 0.15) is 0 Å². The summed E-state index contributed by atoms with van der Waals surface area (Å²) in [5.74, 6) is -0.0845. The van der Waals surface area contributed by atoms with E-state index < -0.39 is 0 Å². The molecule has 1 aromatic rings. The highest BCUT2D eigenvalue weighted by Crippen LogP contribution is 2.13. The van der Waals surface area contributed by atoms with E-state index in [0.717, 1.165) is 17.0 Å². The molecule has 0 aromatic carbocycles. The smallest absolute Gasteiger partial charge is 0.220 e. The van der Waals surface area contributed by atoms with Crippen molar-refractivity contribution >= 4 is 5.91 Å². The van der Waals surface area contributed by atoms with Crippen molar-refractivity contribution in [2.75, 3.05) is 20.3 Å². The van der Waals surface area contributed by atoms with Crippen LogP contribution in [0, 0.1) is 13.8 Å². The quantitative estimate of drug-likeness (QED) is 0.735. The van der Waals surface area contributed by atoms with Crippen molar-refractivity contribution in [1.29, 1.82) is 0 Å². The number of carbonyl (C=O) groups excluding carboxylic acids is 1. The Bertz CT molecular complexity index is 429. The largest absolute Gasteiger partial charge is 0.394 e. The number of aryl methyl sites for hydroxylation is 2. The minimum Gasteiger partial charge on any atom is -0.394 e. The second-order valence-corrected chi connectivity index (χ2v) is 4.68. The molecule has 2 N–H and O–H groups in total. The molecule has 0 fully saturated rings. The summed E-state index contributed by atoms with van der Waals surface area (Å²) in [6, 6.07) is -0.339. The Morgan fingerprint density at radius 2 is 2.21 bits per heavy atom. The maximum Gasteiger partial charge on any atom is 0.220 e.